The lowest BCUT2D eigenvalue weighted by molar-refractivity contribution is 0.0599. The van der Waals surface area contributed by atoms with Crippen molar-refractivity contribution in [3.63, 3.8) is 0 Å². The molecule has 0 aliphatic heterocycles. The van der Waals surface area contributed by atoms with Gasteiger partial charge >= 0.3 is 6.03 Å². The van der Waals surface area contributed by atoms with Gasteiger partial charge in [0.05, 0.1) is 12.7 Å². The number of rotatable bonds is 7. The van der Waals surface area contributed by atoms with E-state index in [4.69, 9.17) is 4.74 Å². The van der Waals surface area contributed by atoms with E-state index in [0.717, 1.165) is 6.42 Å². The maximum absolute atomic E-state index is 11.0. The molecule has 0 aliphatic carbocycles. The van der Waals surface area contributed by atoms with Gasteiger partial charge in [-0.25, -0.2) is 4.79 Å². The van der Waals surface area contributed by atoms with Crippen molar-refractivity contribution >= 4 is 6.03 Å². The Hall–Kier alpha value is -0.810. The van der Waals surface area contributed by atoms with Gasteiger partial charge in [-0.3, -0.25) is 0 Å². The van der Waals surface area contributed by atoms with Crippen LogP contribution in [0.5, 0.6) is 0 Å². The van der Waals surface area contributed by atoms with Crippen molar-refractivity contribution in [2.24, 2.45) is 0 Å². The molecule has 1 unspecified atom stereocenters. The number of amides is 2. The smallest absolute Gasteiger partial charge is 0.314 e. The first kappa shape index (κ1) is 13.2. The Bertz CT molecular complexity index is 153. The number of ether oxygens (including phenoxy) is 1. The van der Waals surface area contributed by atoms with Crippen LogP contribution in [0.15, 0.2) is 0 Å². The zero-order valence-electron chi connectivity index (χ0n) is 8.88. The molecule has 0 rings (SSSR count). The topological polar surface area (TPSA) is 70.6 Å². The molecule has 1 atom stereocenters. The third-order valence-corrected chi connectivity index (χ3v) is 1.66. The highest BCUT2D eigenvalue weighted by Gasteiger charge is 2.03. The lowest BCUT2D eigenvalue weighted by Gasteiger charge is -2.10. The Kier molecular flexibility index (Phi) is 8.27. The van der Waals surface area contributed by atoms with Crippen LogP contribution in [0.4, 0.5) is 4.79 Å². The average Bonchev–Trinajstić information content (AvgIpc) is 2.15. The summed E-state index contributed by atoms with van der Waals surface area (Å²) < 4.78 is 4.75. The van der Waals surface area contributed by atoms with Crippen molar-refractivity contribution in [3.05, 3.63) is 0 Å². The molecule has 0 bridgehead atoms. The normalized spacial score (nSPS) is 12.2. The Morgan fingerprint density at radius 1 is 1.43 bits per heavy atom. The number of hydrogen-bond acceptors (Lipinski definition) is 3. The Labute approximate surface area is 84.8 Å². The fourth-order valence-corrected chi connectivity index (χ4v) is 0.929. The predicted molar refractivity (Wildman–Crippen MR) is 54.2 cm³/mol. The number of aliphatic hydroxyl groups excluding tert-OH is 1. The van der Waals surface area contributed by atoms with E-state index >= 15 is 0 Å². The molecule has 0 saturated heterocycles. The summed E-state index contributed by atoms with van der Waals surface area (Å²) in [6.07, 6.45) is 0.916. The number of methoxy groups -OCH3 is 1. The van der Waals surface area contributed by atoms with Crippen molar-refractivity contribution in [2.75, 3.05) is 26.8 Å². The van der Waals surface area contributed by atoms with Gasteiger partial charge < -0.3 is 20.5 Å². The third kappa shape index (κ3) is 7.82. The summed E-state index contributed by atoms with van der Waals surface area (Å²) in [5.74, 6) is 0. The SMILES string of the molecule is CCCNC(=O)NCCC(O)COC. The summed E-state index contributed by atoms with van der Waals surface area (Å²) in [7, 11) is 1.53. The lowest BCUT2D eigenvalue weighted by atomic mass is 10.3. The summed E-state index contributed by atoms with van der Waals surface area (Å²) >= 11 is 0. The molecule has 0 aliphatic rings. The Balaban J connectivity index is 3.30. The van der Waals surface area contributed by atoms with Gasteiger partial charge in [-0.1, -0.05) is 6.92 Å². The second-order valence-corrected chi connectivity index (χ2v) is 3.08. The van der Waals surface area contributed by atoms with E-state index in [2.05, 4.69) is 10.6 Å². The number of carbonyl (C=O) groups excluding carboxylic acids is 1. The second kappa shape index (κ2) is 8.77. The zero-order valence-corrected chi connectivity index (χ0v) is 8.88. The molecule has 0 aromatic carbocycles. The van der Waals surface area contributed by atoms with Gasteiger partial charge in [0.2, 0.25) is 0 Å². The van der Waals surface area contributed by atoms with Crippen LogP contribution >= 0.6 is 0 Å². The maximum atomic E-state index is 11.0. The first-order valence-corrected chi connectivity index (χ1v) is 4.89. The van der Waals surface area contributed by atoms with Gasteiger partial charge in [0, 0.05) is 20.2 Å². The van der Waals surface area contributed by atoms with Gasteiger partial charge in [-0.15, -0.1) is 0 Å². The molecule has 14 heavy (non-hydrogen) atoms. The minimum absolute atomic E-state index is 0.184. The fourth-order valence-electron chi connectivity index (χ4n) is 0.929. The van der Waals surface area contributed by atoms with Crippen molar-refractivity contribution in [1.29, 1.82) is 0 Å². The van der Waals surface area contributed by atoms with Gasteiger partial charge in [-0.05, 0) is 12.8 Å². The molecule has 2 amide bonds. The molecule has 0 spiro atoms. The highest BCUT2D eigenvalue weighted by Crippen LogP contribution is 1.89. The van der Waals surface area contributed by atoms with E-state index in [-0.39, 0.29) is 6.03 Å². The molecule has 0 saturated carbocycles. The molecule has 0 aromatic heterocycles. The standard InChI is InChI=1S/C9H20N2O3/c1-3-5-10-9(13)11-6-4-8(12)7-14-2/h8,12H,3-7H2,1-2H3,(H2,10,11,13). The summed E-state index contributed by atoms with van der Waals surface area (Å²) in [6, 6.07) is -0.184. The third-order valence-electron chi connectivity index (χ3n) is 1.66. The summed E-state index contributed by atoms with van der Waals surface area (Å²) in [5, 5.41) is 14.6. The Morgan fingerprint density at radius 3 is 2.64 bits per heavy atom. The summed E-state index contributed by atoms with van der Waals surface area (Å²) in [4.78, 5) is 11.0. The van der Waals surface area contributed by atoms with Crippen LogP contribution in [0.2, 0.25) is 0 Å². The lowest BCUT2D eigenvalue weighted by Crippen LogP contribution is -2.37. The molecule has 0 aromatic rings. The van der Waals surface area contributed by atoms with Crippen molar-refractivity contribution < 1.29 is 14.6 Å². The molecule has 0 heterocycles. The Morgan fingerprint density at radius 2 is 2.07 bits per heavy atom. The molecule has 0 radical (unpaired) electrons. The number of carbonyl (C=O) groups is 1. The van der Waals surface area contributed by atoms with Crippen molar-refractivity contribution in [2.45, 2.75) is 25.9 Å². The van der Waals surface area contributed by atoms with Crippen LogP contribution in [0.1, 0.15) is 19.8 Å². The van der Waals surface area contributed by atoms with Gasteiger partial charge in [0.25, 0.3) is 0 Å². The van der Waals surface area contributed by atoms with Crippen LogP contribution in [-0.2, 0) is 4.74 Å². The molecular weight excluding hydrogens is 184 g/mol. The molecule has 84 valence electrons. The summed E-state index contributed by atoms with van der Waals surface area (Å²) in [5.41, 5.74) is 0. The maximum Gasteiger partial charge on any atom is 0.314 e. The molecule has 5 heteroatoms. The summed E-state index contributed by atoms with van der Waals surface area (Å²) in [6.45, 7) is 3.42. The van der Waals surface area contributed by atoms with E-state index in [0.29, 0.717) is 26.1 Å². The largest absolute Gasteiger partial charge is 0.391 e. The van der Waals surface area contributed by atoms with Crippen LogP contribution in [-0.4, -0.2) is 44.0 Å². The van der Waals surface area contributed by atoms with Gasteiger partial charge in [0.1, 0.15) is 0 Å². The predicted octanol–water partition coefficient (Wildman–Crippen LogP) is 0.0930. The average molecular weight is 204 g/mol. The quantitative estimate of drug-likeness (QED) is 0.550. The van der Waals surface area contributed by atoms with Crippen LogP contribution in [0, 0.1) is 0 Å². The highest BCUT2D eigenvalue weighted by molar-refractivity contribution is 5.73. The minimum Gasteiger partial charge on any atom is -0.391 e. The second-order valence-electron chi connectivity index (χ2n) is 3.08. The number of hydrogen-bond donors (Lipinski definition) is 3. The molecule has 0 fully saturated rings. The van der Waals surface area contributed by atoms with Crippen LogP contribution < -0.4 is 10.6 Å². The van der Waals surface area contributed by atoms with Crippen LogP contribution in [0.3, 0.4) is 0 Å². The number of urea groups is 1. The zero-order chi connectivity index (χ0) is 10.8. The van der Waals surface area contributed by atoms with Gasteiger partial charge in [0.15, 0.2) is 0 Å². The van der Waals surface area contributed by atoms with E-state index in [1.807, 2.05) is 6.92 Å². The minimum atomic E-state index is -0.508. The molecule has 5 nitrogen and oxygen atoms in total. The van der Waals surface area contributed by atoms with Crippen molar-refractivity contribution in [1.82, 2.24) is 10.6 Å². The van der Waals surface area contributed by atoms with E-state index in [1.165, 1.54) is 7.11 Å². The fraction of sp³-hybridized carbons (Fsp3) is 0.889. The molecule has 3 N–H and O–H groups in total. The van der Waals surface area contributed by atoms with E-state index in [9.17, 15) is 9.90 Å². The van der Waals surface area contributed by atoms with Crippen LogP contribution in [0.25, 0.3) is 0 Å². The monoisotopic (exact) mass is 204 g/mol. The highest BCUT2D eigenvalue weighted by atomic mass is 16.5. The van der Waals surface area contributed by atoms with Crippen molar-refractivity contribution in [3.8, 4) is 0 Å². The first-order valence-electron chi connectivity index (χ1n) is 4.89. The number of nitrogens with one attached hydrogen (secondary N) is 2. The van der Waals surface area contributed by atoms with E-state index in [1.54, 1.807) is 0 Å². The molecular formula is C9H20N2O3. The number of aliphatic hydroxyl groups is 1. The van der Waals surface area contributed by atoms with E-state index < -0.39 is 6.10 Å². The van der Waals surface area contributed by atoms with Gasteiger partial charge in [-0.2, -0.15) is 0 Å². The first-order chi connectivity index (χ1) is 6.70.